The summed E-state index contributed by atoms with van der Waals surface area (Å²) in [5.41, 5.74) is 7.99. The van der Waals surface area contributed by atoms with Crippen molar-refractivity contribution >= 4 is 17.0 Å². The first-order chi connectivity index (χ1) is 9.24. The van der Waals surface area contributed by atoms with Crippen molar-refractivity contribution in [1.82, 2.24) is 19.4 Å². The second kappa shape index (κ2) is 5.17. The Kier molecular flexibility index (Phi) is 3.38. The summed E-state index contributed by atoms with van der Waals surface area (Å²) in [5.74, 6) is 1.17. The summed E-state index contributed by atoms with van der Waals surface area (Å²) >= 11 is 0. The van der Waals surface area contributed by atoms with Crippen LogP contribution in [0.15, 0.2) is 18.5 Å². The maximum absolute atomic E-state index is 6.02. The van der Waals surface area contributed by atoms with E-state index >= 15 is 0 Å². The van der Waals surface area contributed by atoms with Gasteiger partial charge in [-0.05, 0) is 37.9 Å². The summed E-state index contributed by atoms with van der Waals surface area (Å²) < 4.78 is 2.11. The van der Waals surface area contributed by atoms with E-state index in [4.69, 9.17) is 5.73 Å². The molecule has 0 bridgehead atoms. The summed E-state index contributed by atoms with van der Waals surface area (Å²) in [4.78, 5) is 11.0. The van der Waals surface area contributed by atoms with Crippen LogP contribution in [0.25, 0.3) is 11.0 Å². The van der Waals surface area contributed by atoms with Crippen LogP contribution in [0.2, 0.25) is 0 Å². The maximum Gasteiger partial charge on any atom is 0.201 e. The Hall–Kier alpha value is -1.62. The molecule has 0 spiro atoms. The molecule has 1 unspecified atom stereocenters. The van der Waals surface area contributed by atoms with Crippen LogP contribution in [0.4, 0.5) is 5.95 Å². The molecular weight excluding hydrogens is 238 g/mol. The first kappa shape index (κ1) is 12.4. The molecule has 2 N–H and O–H groups in total. The fraction of sp³-hybridized carbons (Fsp3) is 0.571. The third-order valence-corrected chi connectivity index (χ3v) is 3.84. The molecule has 102 valence electrons. The van der Waals surface area contributed by atoms with Crippen molar-refractivity contribution in [3.8, 4) is 0 Å². The van der Waals surface area contributed by atoms with Crippen molar-refractivity contribution in [2.45, 2.75) is 26.3 Å². The topological polar surface area (TPSA) is 60.0 Å². The zero-order valence-corrected chi connectivity index (χ0v) is 11.4. The summed E-state index contributed by atoms with van der Waals surface area (Å²) in [6.45, 7) is 6.83. The summed E-state index contributed by atoms with van der Waals surface area (Å²) in [6, 6.07) is 1.99. The third kappa shape index (κ3) is 2.56. The van der Waals surface area contributed by atoms with Crippen LogP contribution in [0.3, 0.4) is 0 Å². The Bertz CT molecular complexity index is 556. The van der Waals surface area contributed by atoms with Gasteiger partial charge in [-0.25, -0.2) is 4.98 Å². The van der Waals surface area contributed by atoms with Crippen LogP contribution >= 0.6 is 0 Å². The number of hydrogen-bond acceptors (Lipinski definition) is 4. The molecule has 0 amide bonds. The average molecular weight is 259 g/mol. The van der Waals surface area contributed by atoms with E-state index in [1.807, 2.05) is 6.07 Å². The molecule has 2 aromatic heterocycles. The molecule has 1 fully saturated rings. The number of nitrogens with two attached hydrogens (primary N) is 1. The van der Waals surface area contributed by atoms with Gasteiger partial charge in [-0.1, -0.05) is 6.92 Å². The normalized spacial score (nSPS) is 18.2. The molecule has 0 aromatic carbocycles. The zero-order chi connectivity index (χ0) is 13.2. The van der Waals surface area contributed by atoms with Crippen molar-refractivity contribution in [3.05, 3.63) is 18.5 Å². The minimum absolute atomic E-state index is 0.575. The van der Waals surface area contributed by atoms with Crippen molar-refractivity contribution in [2.75, 3.05) is 25.4 Å². The Morgan fingerprint density at radius 3 is 2.89 bits per heavy atom. The van der Waals surface area contributed by atoms with E-state index in [9.17, 15) is 0 Å². The number of pyridine rings is 1. The van der Waals surface area contributed by atoms with Crippen LogP contribution < -0.4 is 5.73 Å². The van der Waals surface area contributed by atoms with E-state index in [1.165, 1.54) is 25.9 Å². The van der Waals surface area contributed by atoms with Gasteiger partial charge in [0, 0.05) is 19.3 Å². The number of likely N-dealkylation sites (tertiary alicyclic amines) is 1. The van der Waals surface area contributed by atoms with E-state index in [0.29, 0.717) is 11.9 Å². The molecule has 19 heavy (non-hydrogen) atoms. The van der Waals surface area contributed by atoms with Gasteiger partial charge in [0.25, 0.3) is 0 Å². The van der Waals surface area contributed by atoms with Crippen molar-refractivity contribution in [3.63, 3.8) is 0 Å². The van der Waals surface area contributed by atoms with Crippen LogP contribution in [0, 0.1) is 5.92 Å². The molecule has 3 rings (SSSR count). The van der Waals surface area contributed by atoms with Crippen molar-refractivity contribution in [2.24, 2.45) is 5.92 Å². The standard InChI is InChI=1S/C14H21N5/c1-11(9-18-6-2-3-7-18)10-19-13-4-5-16-8-12(13)17-14(19)15/h4-5,8,11H,2-3,6-7,9-10H2,1H3,(H2,15,17). The van der Waals surface area contributed by atoms with Gasteiger partial charge in [0.1, 0.15) is 5.52 Å². The van der Waals surface area contributed by atoms with Gasteiger partial charge in [0.05, 0.1) is 11.7 Å². The predicted octanol–water partition coefficient (Wildman–Crippen LogP) is 1.75. The van der Waals surface area contributed by atoms with Crippen molar-refractivity contribution < 1.29 is 0 Å². The molecule has 1 aliphatic rings. The average Bonchev–Trinajstić information content (AvgIpc) is 2.99. The fourth-order valence-corrected chi connectivity index (χ4v) is 2.97. The zero-order valence-electron chi connectivity index (χ0n) is 11.4. The Morgan fingerprint density at radius 1 is 1.32 bits per heavy atom. The number of fused-ring (bicyclic) bond motifs is 1. The molecule has 5 nitrogen and oxygen atoms in total. The lowest BCUT2D eigenvalue weighted by Gasteiger charge is -2.21. The van der Waals surface area contributed by atoms with Gasteiger partial charge in [-0.15, -0.1) is 0 Å². The van der Waals surface area contributed by atoms with Gasteiger partial charge >= 0.3 is 0 Å². The monoisotopic (exact) mass is 259 g/mol. The van der Waals surface area contributed by atoms with Gasteiger partial charge in [0.2, 0.25) is 5.95 Å². The highest BCUT2D eigenvalue weighted by molar-refractivity contribution is 5.76. The second-order valence-corrected chi connectivity index (χ2v) is 5.56. The lowest BCUT2D eigenvalue weighted by Crippen LogP contribution is -2.27. The predicted molar refractivity (Wildman–Crippen MR) is 76.8 cm³/mol. The lowest BCUT2D eigenvalue weighted by molar-refractivity contribution is 0.273. The summed E-state index contributed by atoms with van der Waals surface area (Å²) in [6.07, 6.45) is 6.25. The van der Waals surface area contributed by atoms with Gasteiger partial charge in [-0.3, -0.25) is 4.98 Å². The molecule has 0 radical (unpaired) electrons. The first-order valence-electron chi connectivity index (χ1n) is 7.02. The molecule has 3 heterocycles. The minimum Gasteiger partial charge on any atom is -0.369 e. The number of rotatable bonds is 4. The number of nitrogen functional groups attached to an aromatic ring is 1. The van der Waals surface area contributed by atoms with E-state index in [2.05, 4.69) is 26.4 Å². The van der Waals surface area contributed by atoms with Crippen LogP contribution in [0.1, 0.15) is 19.8 Å². The van der Waals surface area contributed by atoms with Gasteiger partial charge < -0.3 is 15.2 Å². The highest BCUT2D eigenvalue weighted by Crippen LogP contribution is 2.19. The molecule has 0 aliphatic carbocycles. The van der Waals surface area contributed by atoms with E-state index in [1.54, 1.807) is 12.4 Å². The Morgan fingerprint density at radius 2 is 2.11 bits per heavy atom. The number of imidazole rings is 1. The van der Waals surface area contributed by atoms with Crippen LogP contribution in [-0.4, -0.2) is 39.1 Å². The molecule has 5 heteroatoms. The number of anilines is 1. The Balaban J connectivity index is 1.75. The first-order valence-corrected chi connectivity index (χ1v) is 7.02. The molecule has 2 aromatic rings. The molecule has 1 aliphatic heterocycles. The maximum atomic E-state index is 6.02. The quantitative estimate of drug-likeness (QED) is 0.908. The Labute approximate surface area is 113 Å². The SMILES string of the molecule is CC(CN1CCCC1)Cn1c(N)nc2cnccc21. The third-order valence-electron chi connectivity index (χ3n) is 3.84. The fourth-order valence-electron chi connectivity index (χ4n) is 2.97. The number of hydrogen-bond donors (Lipinski definition) is 1. The highest BCUT2D eigenvalue weighted by atomic mass is 15.2. The molecular formula is C14H21N5. The van der Waals surface area contributed by atoms with E-state index in [-0.39, 0.29) is 0 Å². The smallest absolute Gasteiger partial charge is 0.201 e. The van der Waals surface area contributed by atoms with E-state index in [0.717, 1.165) is 24.1 Å². The van der Waals surface area contributed by atoms with Gasteiger partial charge in [-0.2, -0.15) is 0 Å². The van der Waals surface area contributed by atoms with Crippen molar-refractivity contribution in [1.29, 1.82) is 0 Å². The van der Waals surface area contributed by atoms with Crippen LogP contribution in [0.5, 0.6) is 0 Å². The van der Waals surface area contributed by atoms with E-state index < -0.39 is 0 Å². The molecule has 0 saturated carbocycles. The lowest BCUT2D eigenvalue weighted by atomic mass is 10.1. The molecule has 1 atom stereocenters. The summed E-state index contributed by atoms with van der Waals surface area (Å²) in [7, 11) is 0. The molecule has 1 saturated heterocycles. The number of aromatic nitrogens is 3. The number of nitrogens with zero attached hydrogens (tertiary/aromatic N) is 4. The van der Waals surface area contributed by atoms with Gasteiger partial charge in [0.15, 0.2) is 0 Å². The summed E-state index contributed by atoms with van der Waals surface area (Å²) in [5, 5.41) is 0. The van der Waals surface area contributed by atoms with Crippen LogP contribution in [-0.2, 0) is 6.54 Å². The largest absolute Gasteiger partial charge is 0.369 e. The minimum atomic E-state index is 0.575. The second-order valence-electron chi connectivity index (χ2n) is 5.56. The highest BCUT2D eigenvalue weighted by Gasteiger charge is 2.16.